The monoisotopic (exact) mass is 418 g/mol. The molecule has 3 rings (SSSR count). The third-order valence-corrected chi connectivity index (χ3v) is 7.02. The number of nitrogens with zero attached hydrogens (tertiary/aromatic N) is 4. The summed E-state index contributed by atoms with van der Waals surface area (Å²) in [6.07, 6.45) is 5.44. The van der Waals surface area contributed by atoms with Crippen LogP contribution in [0.4, 0.5) is 11.6 Å². The van der Waals surface area contributed by atoms with Crippen LogP contribution in [0.1, 0.15) is 36.6 Å². The molecular formula is C20H27ClN6S. The molecule has 6 nitrogen and oxygen atoms in total. The number of rotatable bonds is 4. The molecule has 1 saturated heterocycles. The van der Waals surface area contributed by atoms with Gasteiger partial charge in [0.1, 0.15) is 11.6 Å². The van der Waals surface area contributed by atoms with Gasteiger partial charge in [0.2, 0.25) is 0 Å². The minimum Gasteiger partial charge on any atom is -0.382 e. The number of aromatic nitrogens is 2. The van der Waals surface area contributed by atoms with E-state index in [0.717, 1.165) is 58.4 Å². The van der Waals surface area contributed by atoms with Crippen LogP contribution in [0.2, 0.25) is 5.02 Å². The minimum absolute atomic E-state index is 0.104. The molecule has 0 bridgehead atoms. The second-order valence-corrected chi connectivity index (χ2v) is 8.96. The zero-order valence-electron chi connectivity index (χ0n) is 16.8. The van der Waals surface area contributed by atoms with Crippen molar-refractivity contribution in [2.75, 3.05) is 30.8 Å². The molecule has 4 N–H and O–H groups in total. The van der Waals surface area contributed by atoms with Crippen molar-refractivity contribution >= 4 is 41.2 Å². The summed E-state index contributed by atoms with van der Waals surface area (Å²) in [6, 6.07) is 1.87. The quantitative estimate of drug-likeness (QED) is 0.732. The largest absolute Gasteiger partial charge is 0.382 e. The predicted octanol–water partition coefficient (Wildman–Crippen LogP) is 3.85. The zero-order chi connectivity index (χ0) is 20.5. The number of aliphatic imine (C=N–C) groups is 1. The number of pyridine rings is 2. The molecule has 0 amide bonds. The smallest absolute Gasteiger partial charge is 0.143 e. The van der Waals surface area contributed by atoms with E-state index in [1.807, 2.05) is 19.2 Å². The molecule has 0 saturated carbocycles. The average molecular weight is 419 g/mol. The third-order valence-electron chi connectivity index (χ3n) is 5.14. The van der Waals surface area contributed by atoms with E-state index in [2.05, 4.69) is 28.7 Å². The third kappa shape index (κ3) is 4.26. The standard InChI is InChI=1S/C20H27ClN6S/c1-12-14(11-24-4)19(27-9-6-20(3,23)7-10-27)26-13(2)17(12)28-15-5-8-25-18(22)16(15)21/h5,8,11H,6-7,9-10,23H2,1-4H3,(H2,22,25). The topological polar surface area (TPSA) is 93.4 Å². The highest BCUT2D eigenvalue weighted by atomic mass is 35.5. The van der Waals surface area contributed by atoms with Crippen LogP contribution in [0, 0.1) is 13.8 Å². The normalized spacial score (nSPS) is 16.7. The number of aryl methyl sites for hydroxylation is 1. The Bertz CT molecular complexity index is 902. The van der Waals surface area contributed by atoms with Gasteiger partial charge >= 0.3 is 0 Å². The van der Waals surface area contributed by atoms with E-state index in [-0.39, 0.29) is 5.54 Å². The van der Waals surface area contributed by atoms with Gasteiger partial charge in [-0.2, -0.15) is 0 Å². The lowest BCUT2D eigenvalue weighted by Gasteiger charge is -2.38. The zero-order valence-corrected chi connectivity index (χ0v) is 18.4. The molecule has 0 spiro atoms. The molecule has 0 unspecified atom stereocenters. The minimum atomic E-state index is -0.104. The number of anilines is 2. The summed E-state index contributed by atoms with van der Waals surface area (Å²) in [6.45, 7) is 8.03. The number of halogens is 1. The Morgan fingerprint density at radius 3 is 2.64 bits per heavy atom. The fourth-order valence-electron chi connectivity index (χ4n) is 3.37. The van der Waals surface area contributed by atoms with E-state index in [9.17, 15) is 0 Å². The Labute approximate surface area is 175 Å². The van der Waals surface area contributed by atoms with Crippen LogP contribution < -0.4 is 16.4 Å². The molecule has 1 aliphatic heterocycles. The summed E-state index contributed by atoms with van der Waals surface area (Å²) in [5, 5.41) is 0.472. The van der Waals surface area contributed by atoms with Crippen molar-refractivity contribution in [3.63, 3.8) is 0 Å². The van der Waals surface area contributed by atoms with E-state index in [0.29, 0.717) is 10.8 Å². The van der Waals surface area contributed by atoms with Crippen molar-refractivity contribution in [2.24, 2.45) is 10.7 Å². The highest BCUT2D eigenvalue weighted by Crippen LogP contribution is 2.40. The average Bonchev–Trinajstić information content (AvgIpc) is 2.64. The highest BCUT2D eigenvalue weighted by Gasteiger charge is 2.28. The van der Waals surface area contributed by atoms with Gasteiger partial charge < -0.3 is 16.4 Å². The maximum Gasteiger partial charge on any atom is 0.143 e. The Hall–Kier alpha value is -1.83. The first kappa shape index (κ1) is 20.9. The summed E-state index contributed by atoms with van der Waals surface area (Å²) < 4.78 is 0. The predicted molar refractivity (Wildman–Crippen MR) is 119 cm³/mol. The molecule has 1 fully saturated rings. The van der Waals surface area contributed by atoms with Crippen LogP contribution in [-0.2, 0) is 0 Å². The van der Waals surface area contributed by atoms with E-state index in [1.165, 1.54) is 0 Å². The number of hydrogen-bond donors (Lipinski definition) is 2. The molecule has 150 valence electrons. The Morgan fingerprint density at radius 1 is 1.32 bits per heavy atom. The maximum atomic E-state index is 6.35. The highest BCUT2D eigenvalue weighted by molar-refractivity contribution is 7.99. The van der Waals surface area contributed by atoms with E-state index in [4.69, 9.17) is 28.1 Å². The summed E-state index contributed by atoms with van der Waals surface area (Å²) in [5.41, 5.74) is 15.2. The molecule has 28 heavy (non-hydrogen) atoms. The second-order valence-electron chi connectivity index (χ2n) is 7.53. The molecule has 0 radical (unpaired) electrons. The lowest BCUT2D eigenvalue weighted by Crippen LogP contribution is -2.48. The lowest BCUT2D eigenvalue weighted by molar-refractivity contribution is 0.363. The molecule has 8 heteroatoms. The van der Waals surface area contributed by atoms with Crippen LogP contribution in [0.5, 0.6) is 0 Å². The van der Waals surface area contributed by atoms with Gasteiger partial charge in [-0.1, -0.05) is 23.4 Å². The molecule has 2 aromatic rings. The Morgan fingerprint density at radius 2 is 2.00 bits per heavy atom. The first-order valence-corrected chi connectivity index (χ1v) is 10.5. The summed E-state index contributed by atoms with van der Waals surface area (Å²) in [4.78, 5) is 17.5. The van der Waals surface area contributed by atoms with Crippen molar-refractivity contribution in [2.45, 2.75) is 48.9 Å². The lowest BCUT2D eigenvalue weighted by atomic mass is 9.91. The molecular weight excluding hydrogens is 392 g/mol. The van der Waals surface area contributed by atoms with Crippen LogP contribution in [0.3, 0.4) is 0 Å². The van der Waals surface area contributed by atoms with Gasteiger partial charge in [0.15, 0.2) is 0 Å². The van der Waals surface area contributed by atoms with E-state index >= 15 is 0 Å². The van der Waals surface area contributed by atoms with Crippen molar-refractivity contribution < 1.29 is 0 Å². The maximum absolute atomic E-state index is 6.35. The van der Waals surface area contributed by atoms with Gasteiger partial charge in [0.05, 0.1) is 10.7 Å². The van der Waals surface area contributed by atoms with Crippen molar-refractivity contribution in [3.8, 4) is 0 Å². The van der Waals surface area contributed by atoms with Gasteiger partial charge in [0, 0.05) is 53.4 Å². The van der Waals surface area contributed by atoms with Crippen molar-refractivity contribution in [3.05, 3.63) is 34.1 Å². The number of nitrogens with two attached hydrogens (primary N) is 2. The van der Waals surface area contributed by atoms with Gasteiger partial charge in [0.25, 0.3) is 0 Å². The molecule has 1 aliphatic rings. The first-order chi connectivity index (χ1) is 13.2. The summed E-state index contributed by atoms with van der Waals surface area (Å²) >= 11 is 7.92. The first-order valence-electron chi connectivity index (χ1n) is 9.28. The van der Waals surface area contributed by atoms with E-state index < -0.39 is 0 Å². The number of hydrogen-bond acceptors (Lipinski definition) is 7. The molecule has 0 atom stereocenters. The molecule has 2 aromatic heterocycles. The van der Waals surface area contributed by atoms with Gasteiger partial charge in [-0.25, -0.2) is 9.97 Å². The van der Waals surface area contributed by atoms with Gasteiger partial charge in [-0.3, -0.25) is 4.99 Å². The summed E-state index contributed by atoms with van der Waals surface area (Å²) in [7, 11) is 1.78. The van der Waals surface area contributed by atoms with Crippen LogP contribution in [0.15, 0.2) is 27.0 Å². The van der Waals surface area contributed by atoms with Crippen molar-refractivity contribution in [1.82, 2.24) is 9.97 Å². The molecule has 0 aliphatic carbocycles. The summed E-state index contributed by atoms with van der Waals surface area (Å²) in [5.74, 6) is 1.31. The van der Waals surface area contributed by atoms with Crippen molar-refractivity contribution in [1.29, 1.82) is 0 Å². The SMILES string of the molecule is CN=Cc1c(N2CCC(C)(N)CC2)nc(C)c(Sc2ccnc(N)c2Cl)c1C. The fourth-order valence-corrected chi connectivity index (χ4v) is 4.59. The van der Waals surface area contributed by atoms with Crippen LogP contribution in [0.25, 0.3) is 0 Å². The van der Waals surface area contributed by atoms with Crippen LogP contribution in [-0.4, -0.2) is 41.9 Å². The fraction of sp³-hybridized carbons (Fsp3) is 0.450. The Balaban J connectivity index is 2.02. The van der Waals surface area contributed by atoms with Gasteiger partial charge in [-0.15, -0.1) is 0 Å². The van der Waals surface area contributed by atoms with Crippen LogP contribution >= 0.6 is 23.4 Å². The second kappa shape index (κ2) is 8.27. The number of nitrogen functional groups attached to an aromatic ring is 1. The molecule has 3 heterocycles. The Kier molecular flexibility index (Phi) is 6.17. The van der Waals surface area contributed by atoms with E-state index in [1.54, 1.807) is 25.0 Å². The number of piperidine rings is 1. The van der Waals surface area contributed by atoms with Gasteiger partial charge in [-0.05, 0) is 45.2 Å². The molecule has 0 aromatic carbocycles.